The van der Waals surface area contributed by atoms with E-state index in [-0.39, 0.29) is 0 Å². The molecule has 0 heterocycles. The summed E-state index contributed by atoms with van der Waals surface area (Å²) in [5.74, 6) is 1.55. The molecule has 40 heavy (non-hydrogen) atoms. The van der Waals surface area contributed by atoms with E-state index < -0.39 is 0 Å². The maximum atomic E-state index is 5.38. The molecular weight excluding hydrogens is 486 g/mol. The Balaban J connectivity index is 2.28. The van der Waals surface area contributed by atoms with Crippen molar-refractivity contribution in [2.24, 2.45) is 9.98 Å². The number of allylic oxidation sites excluding steroid dienone is 2. The first-order valence-corrected chi connectivity index (χ1v) is 14.8. The molecule has 3 nitrogen and oxygen atoms in total. The van der Waals surface area contributed by atoms with Gasteiger partial charge in [0.05, 0.1) is 11.4 Å². The molecule has 0 fully saturated rings. The zero-order valence-electron chi connectivity index (χ0n) is 26.6. The van der Waals surface area contributed by atoms with Gasteiger partial charge in [0.25, 0.3) is 0 Å². The Hall–Kier alpha value is -3.46. The largest absolute Gasteiger partial charge is 0.358 e. The van der Waals surface area contributed by atoms with Gasteiger partial charge in [0.2, 0.25) is 0 Å². The van der Waals surface area contributed by atoms with Gasteiger partial charge in [-0.3, -0.25) is 9.98 Å². The Morgan fingerprint density at radius 1 is 0.525 bits per heavy atom. The normalized spacial score (nSPS) is 13.5. The summed E-state index contributed by atoms with van der Waals surface area (Å²) < 4.78 is 0. The Kier molecular flexibility index (Phi) is 10.7. The molecule has 0 amide bonds. The van der Waals surface area contributed by atoms with Crippen molar-refractivity contribution in [3.05, 3.63) is 100 Å². The van der Waals surface area contributed by atoms with Gasteiger partial charge in [-0.25, -0.2) is 0 Å². The summed E-state index contributed by atoms with van der Waals surface area (Å²) in [6.45, 7) is 24.3. The summed E-state index contributed by atoms with van der Waals surface area (Å²) >= 11 is 0. The van der Waals surface area contributed by atoms with Gasteiger partial charge >= 0.3 is 0 Å². The standard InChI is InChI=1S/C37H49N3/c1-23(2)30-17-12-14-21-34(30)38-27(9)36(28(10)39-35-22-15-13-18-31(35)24(3)4)29(11)40-37-32(25(5)6)19-16-20-33(37)26(7)8/h12-26,38H,1-11H3/b36-27+,39-28?,40-29?. The molecule has 0 unspecified atom stereocenters. The fourth-order valence-electron chi connectivity index (χ4n) is 5.36. The quantitative estimate of drug-likeness (QED) is 0.257. The molecule has 212 valence electrons. The lowest BCUT2D eigenvalue weighted by Gasteiger charge is -2.20. The zero-order chi connectivity index (χ0) is 29.6. The van der Waals surface area contributed by atoms with Crippen LogP contribution in [0.2, 0.25) is 0 Å². The fraction of sp³-hybridized carbons (Fsp3) is 0.405. The molecule has 0 saturated carbocycles. The Morgan fingerprint density at radius 2 is 0.975 bits per heavy atom. The maximum Gasteiger partial charge on any atom is 0.0702 e. The third-order valence-corrected chi connectivity index (χ3v) is 7.47. The number of aliphatic imine (C=N–C) groups is 2. The fourth-order valence-corrected chi connectivity index (χ4v) is 5.36. The van der Waals surface area contributed by atoms with Crippen LogP contribution in [0.4, 0.5) is 17.1 Å². The highest BCUT2D eigenvalue weighted by atomic mass is 14.9. The Labute approximate surface area is 243 Å². The van der Waals surface area contributed by atoms with Gasteiger partial charge in [0.15, 0.2) is 0 Å². The van der Waals surface area contributed by atoms with E-state index >= 15 is 0 Å². The topological polar surface area (TPSA) is 36.8 Å². The van der Waals surface area contributed by atoms with E-state index in [1.165, 1.54) is 22.3 Å². The van der Waals surface area contributed by atoms with Gasteiger partial charge in [0, 0.05) is 28.4 Å². The van der Waals surface area contributed by atoms with E-state index in [1.807, 2.05) is 0 Å². The van der Waals surface area contributed by atoms with Gasteiger partial charge in [-0.2, -0.15) is 0 Å². The lowest BCUT2D eigenvalue weighted by atomic mass is 9.92. The predicted octanol–water partition coefficient (Wildman–Crippen LogP) is 11.5. The Bertz CT molecular complexity index is 1370. The van der Waals surface area contributed by atoms with E-state index in [1.54, 1.807) is 0 Å². The first-order chi connectivity index (χ1) is 18.9. The van der Waals surface area contributed by atoms with Gasteiger partial charge in [-0.15, -0.1) is 0 Å². The highest BCUT2D eigenvalue weighted by molar-refractivity contribution is 6.24. The summed E-state index contributed by atoms with van der Waals surface area (Å²) in [6, 6.07) is 23.6. The summed E-state index contributed by atoms with van der Waals surface area (Å²) in [6.07, 6.45) is 0. The number of nitrogens with one attached hydrogen (secondary N) is 1. The lowest BCUT2D eigenvalue weighted by Crippen LogP contribution is -2.15. The van der Waals surface area contributed by atoms with Crippen LogP contribution in [0.3, 0.4) is 0 Å². The van der Waals surface area contributed by atoms with Crippen molar-refractivity contribution in [2.45, 2.75) is 99.8 Å². The second kappa shape index (κ2) is 13.7. The van der Waals surface area contributed by atoms with E-state index in [0.29, 0.717) is 23.7 Å². The van der Waals surface area contributed by atoms with E-state index in [9.17, 15) is 0 Å². The maximum absolute atomic E-state index is 5.38. The molecule has 0 aliphatic heterocycles. The van der Waals surface area contributed by atoms with Crippen molar-refractivity contribution in [2.75, 3.05) is 5.32 Å². The Morgan fingerprint density at radius 3 is 1.52 bits per heavy atom. The van der Waals surface area contributed by atoms with Crippen LogP contribution in [0.1, 0.15) is 122 Å². The molecule has 3 rings (SSSR count). The average Bonchev–Trinajstić information content (AvgIpc) is 2.88. The number of anilines is 1. The number of para-hydroxylation sites is 3. The molecule has 0 bridgehead atoms. The van der Waals surface area contributed by atoms with Gasteiger partial charge in [-0.05, 0) is 78.8 Å². The lowest BCUT2D eigenvalue weighted by molar-refractivity contribution is 0.834. The monoisotopic (exact) mass is 535 g/mol. The van der Waals surface area contributed by atoms with Crippen LogP contribution in [0.5, 0.6) is 0 Å². The third-order valence-electron chi connectivity index (χ3n) is 7.47. The molecule has 3 heteroatoms. The molecule has 0 atom stereocenters. The van der Waals surface area contributed by atoms with Gasteiger partial charge < -0.3 is 5.32 Å². The van der Waals surface area contributed by atoms with Crippen molar-refractivity contribution in [1.29, 1.82) is 0 Å². The van der Waals surface area contributed by atoms with Crippen LogP contribution in [0.15, 0.2) is 88.0 Å². The zero-order valence-corrected chi connectivity index (χ0v) is 26.6. The highest BCUT2D eigenvalue weighted by Gasteiger charge is 2.18. The summed E-state index contributed by atoms with van der Waals surface area (Å²) in [4.78, 5) is 10.6. The van der Waals surface area contributed by atoms with E-state index in [4.69, 9.17) is 9.98 Å². The number of hydrogen-bond donors (Lipinski definition) is 1. The molecular formula is C37H49N3. The van der Waals surface area contributed by atoms with Crippen molar-refractivity contribution >= 4 is 28.5 Å². The van der Waals surface area contributed by atoms with Crippen LogP contribution in [-0.2, 0) is 0 Å². The molecule has 0 saturated heterocycles. The SMILES string of the molecule is CC(=Nc1ccccc1C(C)C)/C(C(C)=Nc1c(C(C)C)cccc1C(C)C)=C(/C)Nc1ccccc1C(C)C. The van der Waals surface area contributed by atoms with Crippen molar-refractivity contribution in [1.82, 2.24) is 0 Å². The third kappa shape index (κ3) is 7.38. The minimum atomic E-state index is 0.377. The van der Waals surface area contributed by atoms with Crippen LogP contribution in [0.25, 0.3) is 0 Å². The van der Waals surface area contributed by atoms with Gasteiger partial charge in [0.1, 0.15) is 0 Å². The minimum absolute atomic E-state index is 0.377. The molecule has 3 aromatic carbocycles. The van der Waals surface area contributed by atoms with E-state index in [0.717, 1.165) is 39.8 Å². The summed E-state index contributed by atoms with van der Waals surface area (Å²) in [7, 11) is 0. The van der Waals surface area contributed by atoms with Crippen molar-refractivity contribution in [3.63, 3.8) is 0 Å². The number of nitrogens with zero attached hydrogens (tertiary/aromatic N) is 2. The second-order valence-corrected chi connectivity index (χ2v) is 12.1. The predicted molar refractivity (Wildman–Crippen MR) is 178 cm³/mol. The van der Waals surface area contributed by atoms with Gasteiger partial charge in [-0.1, -0.05) is 110 Å². The highest BCUT2D eigenvalue weighted by Crippen LogP contribution is 2.36. The van der Waals surface area contributed by atoms with E-state index in [2.05, 4.69) is 148 Å². The van der Waals surface area contributed by atoms with Crippen molar-refractivity contribution < 1.29 is 0 Å². The average molecular weight is 536 g/mol. The molecule has 0 radical (unpaired) electrons. The molecule has 0 aromatic heterocycles. The smallest absolute Gasteiger partial charge is 0.0702 e. The molecule has 0 aliphatic rings. The molecule has 0 spiro atoms. The first-order valence-electron chi connectivity index (χ1n) is 14.8. The number of benzene rings is 3. The second-order valence-electron chi connectivity index (χ2n) is 12.1. The summed E-state index contributed by atoms with van der Waals surface area (Å²) in [5, 5.41) is 3.76. The van der Waals surface area contributed by atoms with Crippen LogP contribution >= 0.6 is 0 Å². The van der Waals surface area contributed by atoms with Crippen LogP contribution in [0, 0.1) is 0 Å². The molecule has 1 N–H and O–H groups in total. The van der Waals surface area contributed by atoms with Crippen LogP contribution < -0.4 is 5.32 Å². The summed E-state index contributed by atoms with van der Waals surface area (Å²) in [5.41, 5.74) is 12.3. The minimum Gasteiger partial charge on any atom is -0.358 e. The number of hydrogen-bond acceptors (Lipinski definition) is 3. The number of rotatable bonds is 10. The molecule has 0 aliphatic carbocycles. The van der Waals surface area contributed by atoms with Crippen LogP contribution in [-0.4, -0.2) is 11.4 Å². The van der Waals surface area contributed by atoms with Crippen molar-refractivity contribution in [3.8, 4) is 0 Å². The molecule has 3 aromatic rings. The first kappa shape index (κ1) is 31.1.